The van der Waals surface area contributed by atoms with Crippen molar-refractivity contribution in [3.8, 4) is 0 Å². The number of hydrogen-bond donors (Lipinski definition) is 0. The predicted molar refractivity (Wildman–Crippen MR) is 79.1 cm³/mol. The molecule has 0 bridgehead atoms. The van der Waals surface area contributed by atoms with Crippen LogP contribution < -0.4 is 5.56 Å². The summed E-state index contributed by atoms with van der Waals surface area (Å²) in [6.45, 7) is 5.45. The lowest BCUT2D eigenvalue weighted by atomic mass is 10.1. The topological polar surface area (TPSA) is 42.3 Å². The minimum absolute atomic E-state index is 0.0344. The summed E-state index contributed by atoms with van der Waals surface area (Å²) in [6, 6.07) is 9.25. The van der Waals surface area contributed by atoms with E-state index < -0.39 is 0 Å². The fourth-order valence-corrected chi connectivity index (χ4v) is 2.63. The fraction of sp³-hybridized carbons (Fsp3) is 0.375. The molecular formula is C16H18N2O2. The number of amides is 1. The van der Waals surface area contributed by atoms with Crippen LogP contribution in [0.15, 0.2) is 35.1 Å². The van der Waals surface area contributed by atoms with E-state index in [0.29, 0.717) is 11.1 Å². The third-order valence-electron chi connectivity index (χ3n) is 3.84. The van der Waals surface area contributed by atoms with Crippen molar-refractivity contribution in [2.24, 2.45) is 0 Å². The van der Waals surface area contributed by atoms with Gasteiger partial charge in [-0.05, 0) is 37.8 Å². The van der Waals surface area contributed by atoms with Crippen molar-refractivity contribution in [1.29, 1.82) is 0 Å². The van der Waals surface area contributed by atoms with Gasteiger partial charge in [0.2, 0.25) is 0 Å². The summed E-state index contributed by atoms with van der Waals surface area (Å²) in [5, 5.41) is 1.50. The van der Waals surface area contributed by atoms with Gasteiger partial charge in [0.25, 0.3) is 11.5 Å². The van der Waals surface area contributed by atoms with E-state index in [-0.39, 0.29) is 17.5 Å². The van der Waals surface area contributed by atoms with E-state index in [9.17, 15) is 9.59 Å². The molecule has 104 valence electrons. The Morgan fingerprint density at radius 3 is 2.50 bits per heavy atom. The molecule has 3 rings (SSSR count). The Labute approximate surface area is 117 Å². The number of nitrogens with zero attached hydrogens (tertiary/aromatic N) is 2. The zero-order valence-electron chi connectivity index (χ0n) is 11.8. The average molecular weight is 270 g/mol. The van der Waals surface area contributed by atoms with Crippen molar-refractivity contribution in [3.63, 3.8) is 0 Å². The monoisotopic (exact) mass is 270 g/mol. The van der Waals surface area contributed by atoms with Gasteiger partial charge in [0.05, 0.1) is 0 Å². The van der Waals surface area contributed by atoms with Gasteiger partial charge in [-0.25, -0.2) is 0 Å². The van der Waals surface area contributed by atoms with E-state index in [4.69, 9.17) is 0 Å². The number of carbonyl (C=O) groups excluding carboxylic acids is 1. The lowest BCUT2D eigenvalue weighted by molar-refractivity contribution is 0.0637. The SMILES string of the molecule is CC(C)n1c(C(=O)N2CCC2)cc2ccccc2c1=O. The second kappa shape index (κ2) is 4.78. The van der Waals surface area contributed by atoms with Crippen molar-refractivity contribution in [1.82, 2.24) is 9.47 Å². The van der Waals surface area contributed by atoms with Crippen LogP contribution in [0.5, 0.6) is 0 Å². The summed E-state index contributed by atoms with van der Waals surface area (Å²) in [5.41, 5.74) is 0.422. The molecule has 2 heterocycles. The molecule has 1 aliphatic heterocycles. The van der Waals surface area contributed by atoms with Gasteiger partial charge in [-0.3, -0.25) is 9.59 Å². The number of likely N-dealkylation sites (tertiary alicyclic amines) is 1. The van der Waals surface area contributed by atoms with Crippen LogP contribution >= 0.6 is 0 Å². The van der Waals surface area contributed by atoms with Crippen molar-refractivity contribution in [3.05, 3.63) is 46.4 Å². The molecule has 1 saturated heterocycles. The average Bonchev–Trinajstić information content (AvgIpc) is 2.36. The minimum Gasteiger partial charge on any atom is -0.337 e. The van der Waals surface area contributed by atoms with Crippen LogP contribution in [0.4, 0.5) is 0 Å². The summed E-state index contributed by atoms with van der Waals surface area (Å²) >= 11 is 0. The van der Waals surface area contributed by atoms with Crippen molar-refractivity contribution >= 4 is 16.7 Å². The lowest BCUT2D eigenvalue weighted by Crippen LogP contribution is -2.44. The normalized spacial score (nSPS) is 14.7. The van der Waals surface area contributed by atoms with Crippen LogP contribution in [0.1, 0.15) is 36.8 Å². The molecule has 0 radical (unpaired) electrons. The van der Waals surface area contributed by atoms with Crippen LogP contribution in [-0.4, -0.2) is 28.5 Å². The molecule has 4 nitrogen and oxygen atoms in total. The summed E-state index contributed by atoms with van der Waals surface area (Å²) in [6.07, 6.45) is 1.05. The minimum atomic E-state index is -0.0815. The molecular weight excluding hydrogens is 252 g/mol. The number of benzene rings is 1. The molecule has 20 heavy (non-hydrogen) atoms. The molecule has 0 spiro atoms. The summed E-state index contributed by atoms with van der Waals surface area (Å²) < 4.78 is 1.61. The standard InChI is InChI=1S/C16H18N2O2/c1-11(2)18-14(16(20)17-8-5-9-17)10-12-6-3-4-7-13(12)15(18)19/h3-4,6-7,10-11H,5,8-9H2,1-2H3. The number of rotatable bonds is 2. The molecule has 0 N–H and O–H groups in total. The van der Waals surface area contributed by atoms with E-state index >= 15 is 0 Å². The highest BCUT2D eigenvalue weighted by Gasteiger charge is 2.25. The van der Waals surface area contributed by atoms with Gasteiger partial charge in [0.15, 0.2) is 0 Å². The largest absolute Gasteiger partial charge is 0.337 e. The first-order valence-electron chi connectivity index (χ1n) is 7.03. The Kier molecular flexibility index (Phi) is 3.08. The first kappa shape index (κ1) is 12.9. The van der Waals surface area contributed by atoms with Gasteiger partial charge in [-0.1, -0.05) is 18.2 Å². The highest BCUT2D eigenvalue weighted by molar-refractivity contribution is 5.97. The Morgan fingerprint density at radius 2 is 1.90 bits per heavy atom. The Hall–Kier alpha value is -2.10. The molecule has 1 aromatic heterocycles. The fourth-order valence-electron chi connectivity index (χ4n) is 2.63. The van der Waals surface area contributed by atoms with E-state index in [1.54, 1.807) is 9.47 Å². The second-order valence-electron chi connectivity index (χ2n) is 5.53. The number of pyridine rings is 1. The Morgan fingerprint density at radius 1 is 1.20 bits per heavy atom. The van der Waals surface area contributed by atoms with Crippen molar-refractivity contribution in [2.75, 3.05) is 13.1 Å². The Balaban J connectivity index is 2.26. The maximum atomic E-state index is 12.6. The maximum Gasteiger partial charge on any atom is 0.270 e. The van der Waals surface area contributed by atoms with Gasteiger partial charge in [-0.15, -0.1) is 0 Å². The van der Waals surface area contributed by atoms with E-state index in [1.165, 1.54) is 0 Å². The smallest absolute Gasteiger partial charge is 0.270 e. The zero-order chi connectivity index (χ0) is 14.3. The second-order valence-corrected chi connectivity index (χ2v) is 5.53. The number of aromatic nitrogens is 1. The molecule has 0 aliphatic carbocycles. The zero-order valence-corrected chi connectivity index (χ0v) is 11.8. The van der Waals surface area contributed by atoms with E-state index in [1.807, 2.05) is 44.2 Å². The predicted octanol–water partition coefficient (Wildman–Crippen LogP) is 2.43. The number of carbonyl (C=O) groups is 1. The van der Waals surface area contributed by atoms with Crippen LogP contribution in [0.2, 0.25) is 0 Å². The van der Waals surface area contributed by atoms with Gasteiger partial charge in [0.1, 0.15) is 5.69 Å². The van der Waals surface area contributed by atoms with E-state index in [2.05, 4.69) is 0 Å². The highest BCUT2D eigenvalue weighted by Crippen LogP contribution is 2.19. The summed E-state index contributed by atoms with van der Waals surface area (Å²) in [4.78, 5) is 26.9. The molecule has 4 heteroatoms. The quantitative estimate of drug-likeness (QED) is 0.841. The Bertz CT molecular complexity index is 727. The van der Waals surface area contributed by atoms with Crippen molar-refractivity contribution < 1.29 is 4.79 Å². The molecule has 0 saturated carbocycles. The third kappa shape index (κ3) is 1.92. The van der Waals surface area contributed by atoms with Gasteiger partial charge in [-0.2, -0.15) is 0 Å². The molecule has 1 aliphatic rings. The number of hydrogen-bond acceptors (Lipinski definition) is 2. The van der Waals surface area contributed by atoms with Crippen LogP contribution in [0.25, 0.3) is 10.8 Å². The first-order valence-corrected chi connectivity index (χ1v) is 7.03. The molecule has 2 aromatic rings. The molecule has 1 aromatic carbocycles. The maximum absolute atomic E-state index is 12.6. The lowest BCUT2D eigenvalue weighted by Gasteiger charge is -2.32. The third-order valence-corrected chi connectivity index (χ3v) is 3.84. The molecule has 0 atom stereocenters. The van der Waals surface area contributed by atoms with E-state index in [0.717, 1.165) is 24.9 Å². The van der Waals surface area contributed by atoms with Crippen LogP contribution in [-0.2, 0) is 0 Å². The van der Waals surface area contributed by atoms with Crippen LogP contribution in [0.3, 0.4) is 0 Å². The van der Waals surface area contributed by atoms with Crippen molar-refractivity contribution in [2.45, 2.75) is 26.3 Å². The molecule has 0 unspecified atom stereocenters. The highest BCUT2D eigenvalue weighted by atomic mass is 16.2. The summed E-state index contributed by atoms with van der Waals surface area (Å²) in [7, 11) is 0. The first-order chi connectivity index (χ1) is 9.59. The summed E-state index contributed by atoms with van der Waals surface area (Å²) in [5.74, 6) is -0.0344. The van der Waals surface area contributed by atoms with Gasteiger partial charge < -0.3 is 9.47 Å². The van der Waals surface area contributed by atoms with Gasteiger partial charge >= 0.3 is 0 Å². The molecule has 1 fully saturated rings. The van der Waals surface area contributed by atoms with Gasteiger partial charge in [0, 0.05) is 24.5 Å². The molecule has 1 amide bonds. The number of fused-ring (bicyclic) bond motifs is 1. The van der Waals surface area contributed by atoms with Crippen LogP contribution in [0, 0.1) is 0 Å².